The second-order valence-electron chi connectivity index (χ2n) is 5.29. The molecule has 3 rings (SSSR count). The number of anilines is 2. The molecule has 1 saturated heterocycles. The Bertz CT molecular complexity index is 700. The minimum Gasteiger partial charge on any atom is -0.378 e. The smallest absolute Gasteiger partial charge is 0.258 e. The molecular weight excluding hydrogens is 360 g/mol. The van der Waals surface area contributed by atoms with Crippen LogP contribution in [0.2, 0.25) is 0 Å². The molecule has 0 aliphatic carbocycles. The molecule has 0 spiro atoms. The van der Waals surface area contributed by atoms with Gasteiger partial charge in [0.15, 0.2) is 0 Å². The Hall–Kier alpha value is -1.99. The maximum absolute atomic E-state index is 12.3. The Labute approximate surface area is 143 Å². The first kappa shape index (κ1) is 15.9. The van der Waals surface area contributed by atoms with Crippen LogP contribution in [0.5, 0.6) is 0 Å². The Morgan fingerprint density at radius 1 is 1.26 bits per heavy atom. The number of benzene rings is 1. The summed E-state index contributed by atoms with van der Waals surface area (Å²) in [5.41, 5.74) is 2.23. The summed E-state index contributed by atoms with van der Waals surface area (Å²) < 4.78 is 6.31. The Morgan fingerprint density at radius 3 is 2.61 bits per heavy atom. The molecule has 1 aliphatic heterocycles. The molecular formula is C16H17BrN4O2. The third-order valence-electron chi connectivity index (χ3n) is 3.61. The van der Waals surface area contributed by atoms with Crippen molar-refractivity contribution in [2.24, 2.45) is 0 Å². The quantitative estimate of drug-likeness (QED) is 0.891. The first-order valence-electron chi connectivity index (χ1n) is 7.36. The summed E-state index contributed by atoms with van der Waals surface area (Å²) in [6.45, 7) is 4.86. The molecule has 0 saturated carbocycles. The largest absolute Gasteiger partial charge is 0.378 e. The molecule has 1 N–H and O–H groups in total. The van der Waals surface area contributed by atoms with Crippen LogP contribution in [0.4, 0.5) is 11.6 Å². The Balaban J connectivity index is 1.68. The molecule has 0 bridgehead atoms. The van der Waals surface area contributed by atoms with E-state index in [1.54, 1.807) is 12.4 Å². The lowest BCUT2D eigenvalue weighted by molar-refractivity contribution is 0.102. The zero-order valence-electron chi connectivity index (χ0n) is 12.8. The van der Waals surface area contributed by atoms with Crippen LogP contribution in [0.1, 0.15) is 15.9 Å². The SMILES string of the molecule is Cc1cc(NC(=O)c2cnc(N3CCOCC3)nc2)ccc1Br. The van der Waals surface area contributed by atoms with Crippen LogP contribution < -0.4 is 10.2 Å². The van der Waals surface area contributed by atoms with E-state index in [9.17, 15) is 4.79 Å². The van der Waals surface area contributed by atoms with Gasteiger partial charge < -0.3 is 15.0 Å². The highest BCUT2D eigenvalue weighted by molar-refractivity contribution is 9.10. The fourth-order valence-electron chi connectivity index (χ4n) is 2.29. The lowest BCUT2D eigenvalue weighted by Crippen LogP contribution is -2.37. The molecule has 0 radical (unpaired) electrons. The molecule has 23 heavy (non-hydrogen) atoms. The van der Waals surface area contributed by atoms with Crippen molar-refractivity contribution in [2.45, 2.75) is 6.92 Å². The van der Waals surface area contributed by atoms with Gasteiger partial charge in [-0.25, -0.2) is 9.97 Å². The van der Waals surface area contributed by atoms with Gasteiger partial charge in [-0.15, -0.1) is 0 Å². The van der Waals surface area contributed by atoms with Crippen LogP contribution in [0.3, 0.4) is 0 Å². The van der Waals surface area contributed by atoms with Gasteiger partial charge >= 0.3 is 0 Å². The number of carbonyl (C=O) groups is 1. The lowest BCUT2D eigenvalue weighted by atomic mass is 10.2. The summed E-state index contributed by atoms with van der Waals surface area (Å²) in [5, 5.41) is 2.85. The highest BCUT2D eigenvalue weighted by atomic mass is 79.9. The lowest BCUT2D eigenvalue weighted by Gasteiger charge is -2.26. The Kier molecular flexibility index (Phi) is 4.88. The number of morpholine rings is 1. The standard InChI is InChI=1S/C16H17BrN4O2/c1-11-8-13(2-3-14(11)17)20-15(22)12-9-18-16(19-10-12)21-4-6-23-7-5-21/h2-3,8-10H,4-7H2,1H3,(H,20,22). The van der Waals surface area contributed by atoms with E-state index >= 15 is 0 Å². The van der Waals surface area contributed by atoms with Gasteiger partial charge in [-0.2, -0.15) is 0 Å². The van der Waals surface area contributed by atoms with Crippen molar-refractivity contribution < 1.29 is 9.53 Å². The minimum atomic E-state index is -0.222. The Morgan fingerprint density at radius 2 is 1.96 bits per heavy atom. The topological polar surface area (TPSA) is 67.4 Å². The van der Waals surface area contributed by atoms with Crippen molar-refractivity contribution in [1.29, 1.82) is 0 Å². The van der Waals surface area contributed by atoms with E-state index in [0.29, 0.717) is 24.7 Å². The molecule has 120 valence electrons. The maximum Gasteiger partial charge on any atom is 0.258 e. The number of nitrogens with zero attached hydrogens (tertiary/aromatic N) is 3. The van der Waals surface area contributed by atoms with E-state index in [1.807, 2.05) is 30.0 Å². The zero-order chi connectivity index (χ0) is 16.2. The van der Waals surface area contributed by atoms with Gasteiger partial charge in [0.1, 0.15) is 0 Å². The number of halogens is 1. The van der Waals surface area contributed by atoms with Crippen LogP contribution in [-0.2, 0) is 4.74 Å². The van der Waals surface area contributed by atoms with Gasteiger partial charge in [-0.05, 0) is 30.7 Å². The van der Waals surface area contributed by atoms with Gasteiger partial charge in [0.25, 0.3) is 5.91 Å². The number of hydrogen-bond donors (Lipinski definition) is 1. The fraction of sp³-hybridized carbons (Fsp3) is 0.312. The van der Waals surface area contributed by atoms with Gasteiger partial charge in [-0.1, -0.05) is 15.9 Å². The average molecular weight is 377 g/mol. The molecule has 1 amide bonds. The second kappa shape index (κ2) is 7.06. The number of rotatable bonds is 3. The summed E-state index contributed by atoms with van der Waals surface area (Å²) in [4.78, 5) is 22.9. The number of carbonyl (C=O) groups excluding carboxylic acids is 1. The van der Waals surface area contributed by atoms with Crippen molar-refractivity contribution in [3.63, 3.8) is 0 Å². The molecule has 0 unspecified atom stereocenters. The molecule has 1 fully saturated rings. The molecule has 1 aromatic heterocycles. The summed E-state index contributed by atoms with van der Waals surface area (Å²) in [6, 6.07) is 5.66. The number of aromatic nitrogens is 2. The first-order chi connectivity index (χ1) is 11.1. The van der Waals surface area contributed by atoms with E-state index in [1.165, 1.54) is 0 Å². The number of aryl methyl sites for hydroxylation is 1. The first-order valence-corrected chi connectivity index (χ1v) is 8.15. The van der Waals surface area contributed by atoms with Crippen molar-refractivity contribution in [2.75, 3.05) is 36.5 Å². The van der Waals surface area contributed by atoms with E-state index in [2.05, 4.69) is 31.2 Å². The molecule has 0 atom stereocenters. The van der Waals surface area contributed by atoms with E-state index in [-0.39, 0.29) is 5.91 Å². The van der Waals surface area contributed by atoms with E-state index in [4.69, 9.17) is 4.74 Å². The van der Waals surface area contributed by atoms with Gasteiger partial charge in [0.05, 0.1) is 18.8 Å². The molecule has 6 nitrogen and oxygen atoms in total. The van der Waals surface area contributed by atoms with Crippen molar-refractivity contribution in [1.82, 2.24) is 9.97 Å². The predicted octanol–water partition coefficient (Wildman–Crippen LogP) is 2.64. The summed E-state index contributed by atoms with van der Waals surface area (Å²) >= 11 is 3.44. The van der Waals surface area contributed by atoms with Crippen molar-refractivity contribution in [3.05, 3.63) is 46.2 Å². The highest BCUT2D eigenvalue weighted by Crippen LogP contribution is 2.20. The summed E-state index contributed by atoms with van der Waals surface area (Å²) in [7, 11) is 0. The van der Waals surface area contributed by atoms with Crippen molar-refractivity contribution >= 4 is 33.5 Å². The van der Waals surface area contributed by atoms with Gasteiger partial charge in [0, 0.05) is 35.6 Å². The average Bonchev–Trinajstić information content (AvgIpc) is 2.59. The fourth-order valence-corrected chi connectivity index (χ4v) is 2.54. The number of hydrogen-bond acceptors (Lipinski definition) is 5. The molecule has 2 aromatic rings. The number of ether oxygens (including phenoxy) is 1. The van der Waals surface area contributed by atoms with E-state index in [0.717, 1.165) is 28.8 Å². The third-order valence-corrected chi connectivity index (χ3v) is 4.50. The molecule has 1 aliphatic rings. The van der Waals surface area contributed by atoms with Crippen LogP contribution in [0, 0.1) is 6.92 Å². The number of nitrogens with one attached hydrogen (secondary N) is 1. The van der Waals surface area contributed by atoms with Crippen molar-refractivity contribution in [3.8, 4) is 0 Å². The van der Waals surface area contributed by atoms with E-state index < -0.39 is 0 Å². The van der Waals surface area contributed by atoms with Gasteiger partial charge in [0.2, 0.25) is 5.95 Å². The maximum atomic E-state index is 12.3. The predicted molar refractivity (Wildman–Crippen MR) is 91.9 cm³/mol. The normalized spacial score (nSPS) is 14.6. The molecule has 1 aromatic carbocycles. The monoisotopic (exact) mass is 376 g/mol. The van der Waals surface area contributed by atoms with Gasteiger partial charge in [-0.3, -0.25) is 4.79 Å². The second-order valence-corrected chi connectivity index (χ2v) is 6.14. The third kappa shape index (κ3) is 3.86. The summed E-state index contributed by atoms with van der Waals surface area (Å²) in [6.07, 6.45) is 3.11. The number of amides is 1. The summed E-state index contributed by atoms with van der Waals surface area (Å²) in [5.74, 6) is 0.407. The van der Waals surface area contributed by atoms with Crippen LogP contribution in [-0.4, -0.2) is 42.2 Å². The van der Waals surface area contributed by atoms with Crippen LogP contribution in [0.25, 0.3) is 0 Å². The highest BCUT2D eigenvalue weighted by Gasteiger charge is 2.15. The minimum absolute atomic E-state index is 0.222. The van der Waals surface area contributed by atoms with Crippen LogP contribution >= 0.6 is 15.9 Å². The zero-order valence-corrected chi connectivity index (χ0v) is 14.3. The van der Waals surface area contributed by atoms with Crippen LogP contribution in [0.15, 0.2) is 35.1 Å². The molecule has 2 heterocycles. The molecule has 7 heteroatoms.